The number of hydrogen-bond donors (Lipinski definition) is 5. The van der Waals surface area contributed by atoms with Gasteiger partial charge in [-0.05, 0) is 24.3 Å². The Kier molecular flexibility index (Phi) is 4.12. The van der Waals surface area contributed by atoms with Gasteiger partial charge in [0, 0.05) is 6.20 Å². The molecular weight excluding hydrogens is 308 g/mol. The highest BCUT2D eigenvalue weighted by atomic mass is 16.4. The van der Waals surface area contributed by atoms with Crippen LogP contribution in [0.15, 0.2) is 30.5 Å². The summed E-state index contributed by atoms with van der Waals surface area (Å²) in [5.74, 6) is -5.19. The summed E-state index contributed by atoms with van der Waals surface area (Å²) in [7, 11) is 0. The fourth-order valence-corrected chi connectivity index (χ4v) is 1.77. The van der Waals surface area contributed by atoms with Crippen molar-refractivity contribution in [1.82, 2.24) is 4.98 Å². The number of pyridine rings is 1. The summed E-state index contributed by atoms with van der Waals surface area (Å²) in [5.41, 5.74) is -1.27. The maximum absolute atomic E-state index is 12.1. The number of rotatable bonds is 4. The third-order valence-electron chi connectivity index (χ3n) is 2.82. The molecule has 23 heavy (non-hydrogen) atoms. The molecule has 118 valence electrons. The maximum Gasteiger partial charge on any atom is 0.339 e. The van der Waals surface area contributed by atoms with E-state index in [4.69, 9.17) is 10.2 Å². The number of carboxylic acid groups (broad SMARTS) is 2. The number of phenolic OH excluding ortho intramolecular Hbond substituents is 1. The molecule has 0 aliphatic heterocycles. The summed E-state index contributed by atoms with van der Waals surface area (Å²) in [6.45, 7) is 0. The van der Waals surface area contributed by atoms with E-state index in [1.807, 2.05) is 0 Å². The number of aromatic hydroxyl groups is 2. The highest BCUT2D eigenvalue weighted by molar-refractivity contribution is 6.08. The molecule has 9 heteroatoms. The summed E-state index contributed by atoms with van der Waals surface area (Å²) < 4.78 is 0. The van der Waals surface area contributed by atoms with Crippen LogP contribution in [0.5, 0.6) is 11.5 Å². The largest absolute Gasteiger partial charge is 0.508 e. The fourth-order valence-electron chi connectivity index (χ4n) is 1.77. The van der Waals surface area contributed by atoms with Gasteiger partial charge < -0.3 is 25.7 Å². The highest BCUT2D eigenvalue weighted by Gasteiger charge is 2.20. The van der Waals surface area contributed by atoms with E-state index in [1.165, 1.54) is 6.07 Å². The zero-order chi connectivity index (χ0) is 17.1. The SMILES string of the molecule is O=C(O)c1ccnc(NC(=O)c2cc(O)cc(C(=O)O)c2O)c1. The van der Waals surface area contributed by atoms with Crippen LogP contribution in [0, 0.1) is 0 Å². The van der Waals surface area contributed by atoms with Gasteiger partial charge in [-0.25, -0.2) is 14.6 Å². The maximum atomic E-state index is 12.1. The van der Waals surface area contributed by atoms with Crippen molar-refractivity contribution in [2.24, 2.45) is 0 Å². The molecule has 0 atom stereocenters. The van der Waals surface area contributed by atoms with E-state index in [0.29, 0.717) is 0 Å². The van der Waals surface area contributed by atoms with E-state index in [0.717, 1.165) is 24.4 Å². The van der Waals surface area contributed by atoms with Gasteiger partial charge in [-0.1, -0.05) is 0 Å². The molecule has 0 radical (unpaired) electrons. The van der Waals surface area contributed by atoms with Crippen LogP contribution in [0.4, 0.5) is 5.82 Å². The van der Waals surface area contributed by atoms with Crippen molar-refractivity contribution >= 4 is 23.7 Å². The number of carboxylic acids is 2. The Labute approximate surface area is 128 Å². The van der Waals surface area contributed by atoms with Gasteiger partial charge in [-0.3, -0.25) is 4.79 Å². The molecule has 0 unspecified atom stereocenters. The van der Waals surface area contributed by atoms with Gasteiger partial charge >= 0.3 is 11.9 Å². The van der Waals surface area contributed by atoms with Crippen LogP contribution in [0.1, 0.15) is 31.1 Å². The number of anilines is 1. The molecular formula is C14H10N2O7. The smallest absolute Gasteiger partial charge is 0.339 e. The van der Waals surface area contributed by atoms with Crippen molar-refractivity contribution in [2.75, 3.05) is 5.32 Å². The number of carbonyl (C=O) groups excluding carboxylic acids is 1. The van der Waals surface area contributed by atoms with Crippen molar-refractivity contribution in [3.05, 3.63) is 47.2 Å². The normalized spacial score (nSPS) is 10.1. The first-order chi connectivity index (χ1) is 10.8. The second kappa shape index (κ2) is 6.02. The van der Waals surface area contributed by atoms with Crippen LogP contribution in [-0.4, -0.2) is 43.3 Å². The Balaban J connectivity index is 2.36. The second-order valence-electron chi connectivity index (χ2n) is 4.38. The van der Waals surface area contributed by atoms with Gasteiger partial charge in [0.05, 0.1) is 11.1 Å². The van der Waals surface area contributed by atoms with Crippen molar-refractivity contribution in [1.29, 1.82) is 0 Å². The Morgan fingerprint density at radius 3 is 2.22 bits per heavy atom. The third kappa shape index (κ3) is 3.35. The molecule has 1 aromatic carbocycles. The van der Waals surface area contributed by atoms with Crippen LogP contribution >= 0.6 is 0 Å². The van der Waals surface area contributed by atoms with Gasteiger partial charge in [0.2, 0.25) is 0 Å². The lowest BCUT2D eigenvalue weighted by Crippen LogP contribution is -2.15. The van der Waals surface area contributed by atoms with Gasteiger partial charge in [0.25, 0.3) is 5.91 Å². The molecule has 0 bridgehead atoms. The van der Waals surface area contributed by atoms with Crippen molar-refractivity contribution in [3.8, 4) is 11.5 Å². The summed E-state index contributed by atoms with van der Waals surface area (Å²) in [6.07, 6.45) is 1.16. The van der Waals surface area contributed by atoms with Crippen molar-refractivity contribution in [3.63, 3.8) is 0 Å². The zero-order valence-electron chi connectivity index (χ0n) is 11.3. The molecule has 0 aliphatic carbocycles. The summed E-state index contributed by atoms with van der Waals surface area (Å²) in [5, 5.41) is 39.2. The van der Waals surface area contributed by atoms with E-state index in [9.17, 15) is 24.6 Å². The van der Waals surface area contributed by atoms with E-state index >= 15 is 0 Å². The van der Waals surface area contributed by atoms with Crippen molar-refractivity contribution < 1.29 is 34.8 Å². The molecule has 1 aromatic heterocycles. The van der Waals surface area contributed by atoms with Crippen LogP contribution < -0.4 is 5.32 Å². The standard InChI is InChI=1S/C14H10N2O7/c17-7-4-8(11(18)9(5-7)14(22)23)12(19)16-10-3-6(13(20)21)1-2-15-10/h1-5,17-18H,(H,20,21)(H,22,23)(H,15,16,19). The summed E-state index contributed by atoms with van der Waals surface area (Å²) >= 11 is 0. The van der Waals surface area contributed by atoms with Crippen LogP contribution in [0.3, 0.4) is 0 Å². The minimum atomic E-state index is -1.53. The quantitative estimate of drug-likeness (QED) is 0.525. The van der Waals surface area contributed by atoms with Crippen LogP contribution in [-0.2, 0) is 0 Å². The molecule has 0 aliphatic rings. The molecule has 0 saturated heterocycles. The van der Waals surface area contributed by atoms with Gasteiger partial charge in [0.15, 0.2) is 0 Å². The van der Waals surface area contributed by atoms with E-state index in [-0.39, 0.29) is 11.4 Å². The number of carbonyl (C=O) groups is 3. The van der Waals surface area contributed by atoms with Crippen molar-refractivity contribution in [2.45, 2.75) is 0 Å². The average molecular weight is 318 g/mol. The lowest BCUT2D eigenvalue weighted by molar-refractivity contribution is 0.0683. The minimum absolute atomic E-state index is 0.116. The van der Waals surface area contributed by atoms with Gasteiger partial charge in [-0.2, -0.15) is 0 Å². The first kappa shape index (κ1) is 15.8. The number of amides is 1. The van der Waals surface area contributed by atoms with E-state index in [2.05, 4.69) is 10.3 Å². The number of benzene rings is 1. The van der Waals surface area contributed by atoms with E-state index < -0.39 is 40.5 Å². The Hall–Kier alpha value is -3.62. The molecule has 1 heterocycles. The topological polar surface area (TPSA) is 157 Å². The Morgan fingerprint density at radius 1 is 0.957 bits per heavy atom. The number of aromatic carboxylic acids is 2. The average Bonchev–Trinajstić information content (AvgIpc) is 2.49. The number of hydrogen-bond acceptors (Lipinski definition) is 6. The van der Waals surface area contributed by atoms with Crippen LogP contribution in [0.25, 0.3) is 0 Å². The summed E-state index contributed by atoms with van der Waals surface area (Å²) in [6, 6.07) is 3.96. The van der Waals surface area contributed by atoms with Crippen LogP contribution in [0.2, 0.25) is 0 Å². The third-order valence-corrected chi connectivity index (χ3v) is 2.82. The summed E-state index contributed by atoms with van der Waals surface area (Å²) in [4.78, 5) is 37.6. The number of nitrogens with zero attached hydrogens (tertiary/aromatic N) is 1. The fraction of sp³-hybridized carbons (Fsp3) is 0. The molecule has 5 N–H and O–H groups in total. The predicted molar refractivity (Wildman–Crippen MR) is 75.9 cm³/mol. The lowest BCUT2D eigenvalue weighted by Gasteiger charge is -2.09. The molecule has 1 amide bonds. The van der Waals surface area contributed by atoms with Gasteiger partial charge in [-0.15, -0.1) is 0 Å². The molecule has 0 spiro atoms. The predicted octanol–water partition coefficient (Wildman–Crippen LogP) is 1.14. The lowest BCUT2D eigenvalue weighted by atomic mass is 10.1. The second-order valence-corrected chi connectivity index (χ2v) is 4.38. The Bertz CT molecular complexity index is 817. The first-order valence-electron chi connectivity index (χ1n) is 6.09. The molecule has 9 nitrogen and oxygen atoms in total. The number of aromatic nitrogens is 1. The highest BCUT2D eigenvalue weighted by Crippen LogP contribution is 2.28. The molecule has 2 rings (SSSR count). The monoisotopic (exact) mass is 318 g/mol. The molecule has 0 fully saturated rings. The number of phenols is 2. The first-order valence-corrected chi connectivity index (χ1v) is 6.09. The van der Waals surface area contributed by atoms with Gasteiger partial charge in [0.1, 0.15) is 22.9 Å². The number of nitrogens with one attached hydrogen (secondary N) is 1. The molecule has 2 aromatic rings. The minimum Gasteiger partial charge on any atom is -0.508 e. The Morgan fingerprint density at radius 2 is 1.61 bits per heavy atom. The zero-order valence-corrected chi connectivity index (χ0v) is 11.3. The van der Waals surface area contributed by atoms with E-state index in [1.54, 1.807) is 0 Å². The molecule has 0 saturated carbocycles.